The molecule has 0 bridgehead atoms. The van der Waals surface area contributed by atoms with Crippen LogP contribution >= 0.6 is 0 Å². The summed E-state index contributed by atoms with van der Waals surface area (Å²) in [5.74, 6) is 2.35. The van der Waals surface area contributed by atoms with Gasteiger partial charge in [0.05, 0.1) is 6.10 Å². The first kappa shape index (κ1) is 25.7. The number of allylic oxidation sites excluding steroid dienone is 3. The number of nitrogens with one attached hydrogen (secondary N) is 1. The third-order valence-electron chi connectivity index (χ3n) is 10.4. The molecule has 5 atom stereocenters. The number of aliphatic hydroxyl groups excluding tert-OH is 1. The molecule has 4 aliphatic carbocycles. The number of hydrogen-bond acceptors (Lipinski definition) is 2. The molecule has 3 nitrogen and oxygen atoms in total. The van der Waals surface area contributed by atoms with Crippen LogP contribution in [0.25, 0.3) is 0 Å². The fourth-order valence-electron chi connectivity index (χ4n) is 8.03. The lowest BCUT2D eigenvalue weighted by atomic mass is 9.61. The predicted molar refractivity (Wildman–Crippen MR) is 141 cm³/mol. The Bertz CT molecular complexity index is 817. The fraction of sp³-hybridized carbons (Fsp3) is 0.774. The molecular weight excluding hydrogens is 418 g/mol. The van der Waals surface area contributed by atoms with E-state index in [-0.39, 0.29) is 11.5 Å². The summed E-state index contributed by atoms with van der Waals surface area (Å²) in [5, 5.41) is 13.5. The summed E-state index contributed by atoms with van der Waals surface area (Å²) in [7, 11) is 0. The van der Waals surface area contributed by atoms with Crippen molar-refractivity contribution in [1.29, 1.82) is 0 Å². The second-order valence-electron chi connectivity index (χ2n) is 12.6. The van der Waals surface area contributed by atoms with Gasteiger partial charge >= 0.3 is 0 Å². The zero-order valence-corrected chi connectivity index (χ0v) is 22.1. The topological polar surface area (TPSA) is 49.3 Å². The molecule has 0 aromatic rings. The van der Waals surface area contributed by atoms with Gasteiger partial charge in [0.2, 0.25) is 5.91 Å². The van der Waals surface area contributed by atoms with Gasteiger partial charge in [-0.05, 0) is 105 Å². The van der Waals surface area contributed by atoms with Crippen LogP contribution in [0.3, 0.4) is 0 Å². The van der Waals surface area contributed by atoms with Gasteiger partial charge in [0.15, 0.2) is 0 Å². The number of carbonyl (C=O) groups is 1. The Balaban J connectivity index is 1.35. The zero-order chi connectivity index (χ0) is 24.3. The van der Waals surface area contributed by atoms with Crippen molar-refractivity contribution in [3.05, 3.63) is 35.5 Å². The van der Waals surface area contributed by atoms with Gasteiger partial charge < -0.3 is 10.4 Å². The van der Waals surface area contributed by atoms with E-state index in [0.717, 1.165) is 56.6 Å². The van der Waals surface area contributed by atoms with Crippen LogP contribution in [0.1, 0.15) is 111 Å². The van der Waals surface area contributed by atoms with E-state index in [9.17, 15) is 9.90 Å². The van der Waals surface area contributed by atoms with Gasteiger partial charge in [-0.3, -0.25) is 4.79 Å². The SMILES string of the molecule is C=C1/C(=C\C=C2/CCC[C@]3(C)[C@@H]([C@H](C)CCNC(=O)C4(C)CCCCC4)CC[C@@H]23)CCCC1O. The molecule has 1 amide bonds. The maximum Gasteiger partial charge on any atom is 0.225 e. The average molecular weight is 468 g/mol. The number of amides is 1. The van der Waals surface area contributed by atoms with Crippen molar-refractivity contribution in [2.24, 2.45) is 28.6 Å². The molecule has 0 heterocycles. The highest BCUT2D eigenvalue weighted by atomic mass is 16.3. The van der Waals surface area contributed by atoms with Gasteiger partial charge in [-0.1, -0.05) is 64.3 Å². The van der Waals surface area contributed by atoms with Crippen LogP contribution in [0.15, 0.2) is 35.5 Å². The van der Waals surface area contributed by atoms with Crippen LogP contribution < -0.4 is 5.32 Å². The quantitative estimate of drug-likeness (QED) is 0.431. The van der Waals surface area contributed by atoms with Crippen LogP contribution in [0.2, 0.25) is 0 Å². The number of aliphatic hydroxyl groups is 1. The predicted octanol–water partition coefficient (Wildman–Crippen LogP) is 7.27. The van der Waals surface area contributed by atoms with Gasteiger partial charge in [-0.15, -0.1) is 0 Å². The maximum absolute atomic E-state index is 12.9. The lowest BCUT2D eigenvalue weighted by molar-refractivity contribution is -0.131. The Morgan fingerprint density at radius 1 is 1.06 bits per heavy atom. The zero-order valence-electron chi connectivity index (χ0n) is 22.1. The highest BCUT2D eigenvalue weighted by molar-refractivity contribution is 5.82. The molecule has 4 fully saturated rings. The molecule has 4 rings (SSSR count). The summed E-state index contributed by atoms with van der Waals surface area (Å²) in [5.41, 5.74) is 4.06. The van der Waals surface area contributed by atoms with Crippen LogP contribution in [-0.2, 0) is 4.79 Å². The highest BCUT2D eigenvalue weighted by Crippen LogP contribution is 2.59. The molecule has 2 N–H and O–H groups in total. The maximum atomic E-state index is 12.9. The minimum Gasteiger partial charge on any atom is -0.388 e. The summed E-state index contributed by atoms with van der Waals surface area (Å²) in [6.45, 7) is 12.1. The molecule has 0 aliphatic heterocycles. The van der Waals surface area contributed by atoms with Crippen molar-refractivity contribution in [3.63, 3.8) is 0 Å². The molecule has 3 heteroatoms. The van der Waals surface area contributed by atoms with E-state index in [0.29, 0.717) is 23.2 Å². The van der Waals surface area contributed by atoms with Crippen LogP contribution in [-0.4, -0.2) is 23.7 Å². The second-order valence-corrected chi connectivity index (χ2v) is 12.6. The molecule has 0 saturated heterocycles. The number of hydrogen-bond donors (Lipinski definition) is 2. The summed E-state index contributed by atoms with van der Waals surface area (Å²) in [6.07, 6.45) is 20.6. The van der Waals surface area contributed by atoms with E-state index >= 15 is 0 Å². The Morgan fingerprint density at radius 2 is 1.82 bits per heavy atom. The van der Waals surface area contributed by atoms with Crippen molar-refractivity contribution in [2.75, 3.05) is 6.54 Å². The van der Waals surface area contributed by atoms with Gasteiger partial charge in [0.25, 0.3) is 0 Å². The lowest BCUT2D eigenvalue weighted by Gasteiger charge is -2.44. The molecule has 0 spiro atoms. The van der Waals surface area contributed by atoms with E-state index in [1.54, 1.807) is 5.57 Å². The molecule has 4 saturated carbocycles. The molecule has 0 radical (unpaired) electrons. The van der Waals surface area contributed by atoms with Crippen LogP contribution in [0.5, 0.6) is 0 Å². The average Bonchev–Trinajstić information content (AvgIpc) is 3.18. The Morgan fingerprint density at radius 3 is 2.59 bits per heavy atom. The van der Waals surface area contributed by atoms with E-state index in [4.69, 9.17) is 0 Å². The standard InChI is InChI=1S/C31H49NO2/c1-22(17-21-32-29(34)30(3)18-6-5-7-19-30)26-15-16-27-25(11-9-20-31(26,27)4)14-13-24-10-8-12-28(33)23(24)2/h13-14,22,26-28,33H,2,5-12,15-21H2,1,3-4H3,(H,32,34)/b24-13-,25-14+/t22-,26-,27+,28?,31-/m1/s1. The Labute approximate surface area is 208 Å². The lowest BCUT2D eigenvalue weighted by Crippen LogP contribution is -2.41. The van der Waals surface area contributed by atoms with E-state index in [1.165, 1.54) is 56.9 Å². The monoisotopic (exact) mass is 467 g/mol. The van der Waals surface area contributed by atoms with E-state index < -0.39 is 0 Å². The first-order chi connectivity index (χ1) is 16.2. The van der Waals surface area contributed by atoms with Crippen molar-refractivity contribution >= 4 is 5.91 Å². The molecule has 190 valence electrons. The van der Waals surface area contributed by atoms with Crippen molar-refractivity contribution in [2.45, 2.75) is 117 Å². The summed E-state index contributed by atoms with van der Waals surface area (Å²) in [6, 6.07) is 0. The van der Waals surface area contributed by atoms with Gasteiger partial charge in [0.1, 0.15) is 0 Å². The van der Waals surface area contributed by atoms with Gasteiger partial charge in [0, 0.05) is 12.0 Å². The summed E-state index contributed by atoms with van der Waals surface area (Å²) in [4.78, 5) is 12.9. The smallest absolute Gasteiger partial charge is 0.225 e. The Kier molecular flexibility index (Phi) is 8.12. The van der Waals surface area contributed by atoms with Crippen LogP contribution in [0.4, 0.5) is 0 Å². The summed E-state index contributed by atoms with van der Waals surface area (Å²) >= 11 is 0. The van der Waals surface area contributed by atoms with E-state index in [1.807, 2.05) is 0 Å². The first-order valence-corrected chi connectivity index (χ1v) is 14.3. The van der Waals surface area contributed by atoms with Crippen molar-refractivity contribution in [3.8, 4) is 0 Å². The number of rotatable bonds is 6. The number of carbonyl (C=O) groups excluding carboxylic acids is 1. The van der Waals surface area contributed by atoms with Crippen molar-refractivity contribution < 1.29 is 9.90 Å². The molecule has 0 aromatic heterocycles. The number of fused-ring (bicyclic) bond motifs is 1. The normalized spacial score (nSPS) is 36.9. The molecule has 4 aliphatic rings. The Hall–Kier alpha value is -1.35. The van der Waals surface area contributed by atoms with Crippen LogP contribution in [0, 0.1) is 28.6 Å². The molecule has 1 unspecified atom stereocenters. The van der Waals surface area contributed by atoms with Crippen molar-refractivity contribution in [1.82, 2.24) is 5.32 Å². The third kappa shape index (κ3) is 5.25. The minimum atomic E-state index is -0.354. The van der Waals surface area contributed by atoms with Gasteiger partial charge in [-0.2, -0.15) is 0 Å². The molecule has 34 heavy (non-hydrogen) atoms. The van der Waals surface area contributed by atoms with Gasteiger partial charge in [-0.25, -0.2) is 0 Å². The third-order valence-corrected chi connectivity index (χ3v) is 10.4. The molecular formula is C31H49NO2. The summed E-state index contributed by atoms with van der Waals surface area (Å²) < 4.78 is 0. The van der Waals surface area contributed by atoms with E-state index in [2.05, 4.69) is 44.8 Å². The second kappa shape index (κ2) is 10.7. The first-order valence-electron chi connectivity index (χ1n) is 14.3. The highest BCUT2D eigenvalue weighted by Gasteiger charge is 2.50. The fourth-order valence-corrected chi connectivity index (χ4v) is 8.03. The minimum absolute atomic E-state index is 0.136. The molecule has 0 aromatic carbocycles. The largest absolute Gasteiger partial charge is 0.388 e.